The Kier molecular flexibility index (Phi) is 4.87. The zero-order chi connectivity index (χ0) is 13.9. The molecule has 0 atom stereocenters. The van der Waals surface area contributed by atoms with E-state index < -0.39 is 10.0 Å². The molecule has 112 valence electrons. The molecule has 2 fully saturated rings. The van der Waals surface area contributed by atoms with E-state index in [1.54, 1.807) is 11.4 Å². The molecule has 1 heterocycles. The lowest BCUT2D eigenvalue weighted by Crippen LogP contribution is -2.57. The number of hydrogen-bond acceptors (Lipinski definition) is 4. The summed E-state index contributed by atoms with van der Waals surface area (Å²) in [6.45, 7) is 1.52. The number of nitrogens with zero attached hydrogens (tertiary/aromatic N) is 1. The van der Waals surface area contributed by atoms with Gasteiger partial charge in [0.15, 0.2) is 0 Å². The minimum absolute atomic E-state index is 0.295. The van der Waals surface area contributed by atoms with Crippen LogP contribution in [0.4, 0.5) is 0 Å². The highest BCUT2D eigenvalue weighted by Crippen LogP contribution is 2.35. The molecule has 1 aliphatic carbocycles. The molecule has 1 saturated carbocycles. The van der Waals surface area contributed by atoms with E-state index in [0.717, 1.165) is 25.7 Å². The minimum Gasteiger partial charge on any atom is -0.381 e. The van der Waals surface area contributed by atoms with Crippen molar-refractivity contribution in [3.05, 3.63) is 0 Å². The van der Waals surface area contributed by atoms with Crippen LogP contribution in [0.3, 0.4) is 0 Å². The molecule has 1 saturated heterocycles. The summed E-state index contributed by atoms with van der Waals surface area (Å²) >= 11 is 0. The fourth-order valence-corrected chi connectivity index (χ4v) is 5.36. The van der Waals surface area contributed by atoms with E-state index in [-0.39, 0.29) is 10.8 Å². The molecule has 0 unspecified atom stereocenters. The van der Waals surface area contributed by atoms with Gasteiger partial charge >= 0.3 is 0 Å². The Balaban J connectivity index is 2.17. The van der Waals surface area contributed by atoms with Gasteiger partial charge in [0.1, 0.15) is 0 Å². The summed E-state index contributed by atoms with van der Waals surface area (Å²) in [5, 5.41) is -0.295. The second-order valence-corrected chi connectivity index (χ2v) is 8.06. The average molecular weight is 290 g/mol. The van der Waals surface area contributed by atoms with Gasteiger partial charge in [0.05, 0.1) is 5.25 Å². The highest BCUT2D eigenvalue weighted by Gasteiger charge is 2.43. The molecule has 2 aliphatic rings. The highest BCUT2D eigenvalue weighted by atomic mass is 32.2. The summed E-state index contributed by atoms with van der Waals surface area (Å²) in [5.74, 6) is 0. The molecular formula is C13H26N2O3S. The van der Waals surface area contributed by atoms with Gasteiger partial charge in [-0.05, 0) is 25.7 Å². The quantitative estimate of drug-likeness (QED) is 0.841. The molecule has 19 heavy (non-hydrogen) atoms. The van der Waals surface area contributed by atoms with Gasteiger partial charge in [-0.3, -0.25) is 0 Å². The summed E-state index contributed by atoms with van der Waals surface area (Å²) in [4.78, 5) is 0. The molecule has 5 nitrogen and oxygen atoms in total. The number of sulfonamides is 1. The van der Waals surface area contributed by atoms with E-state index in [1.165, 1.54) is 6.42 Å². The number of ether oxygens (including phenoxy) is 1. The van der Waals surface area contributed by atoms with E-state index in [1.807, 2.05) is 0 Å². The van der Waals surface area contributed by atoms with Crippen molar-refractivity contribution in [2.45, 2.75) is 55.7 Å². The number of likely N-dealkylation sites (N-methyl/N-ethyl adjacent to an activating group) is 1. The molecular weight excluding hydrogens is 264 g/mol. The molecule has 6 heteroatoms. The molecule has 0 aromatic carbocycles. The third kappa shape index (κ3) is 2.96. The highest BCUT2D eigenvalue weighted by molar-refractivity contribution is 7.89. The van der Waals surface area contributed by atoms with Crippen LogP contribution in [-0.2, 0) is 14.8 Å². The van der Waals surface area contributed by atoms with E-state index in [9.17, 15) is 8.42 Å². The van der Waals surface area contributed by atoms with Gasteiger partial charge in [-0.25, -0.2) is 8.42 Å². The lowest BCUT2D eigenvalue weighted by Gasteiger charge is -2.44. The van der Waals surface area contributed by atoms with Gasteiger partial charge in [0.2, 0.25) is 10.0 Å². The second-order valence-electron chi connectivity index (χ2n) is 5.81. The summed E-state index contributed by atoms with van der Waals surface area (Å²) in [5.41, 5.74) is 5.58. The molecule has 0 bridgehead atoms. The van der Waals surface area contributed by atoms with Gasteiger partial charge in [-0.2, -0.15) is 4.31 Å². The summed E-state index contributed by atoms with van der Waals surface area (Å²) in [6, 6.07) is 0. The van der Waals surface area contributed by atoms with Crippen molar-refractivity contribution in [2.24, 2.45) is 5.73 Å². The van der Waals surface area contributed by atoms with Crippen LogP contribution >= 0.6 is 0 Å². The lowest BCUT2D eigenvalue weighted by atomic mass is 9.82. The molecule has 1 aliphatic heterocycles. The van der Waals surface area contributed by atoms with Crippen LogP contribution in [0.1, 0.15) is 44.9 Å². The van der Waals surface area contributed by atoms with Crippen LogP contribution < -0.4 is 5.73 Å². The smallest absolute Gasteiger partial charge is 0.217 e. The van der Waals surface area contributed by atoms with E-state index in [0.29, 0.717) is 32.6 Å². The summed E-state index contributed by atoms with van der Waals surface area (Å²) in [6.07, 6.45) is 6.33. The summed E-state index contributed by atoms with van der Waals surface area (Å²) in [7, 11) is -1.53. The Bertz CT molecular complexity index is 385. The van der Waals surface area contributed by atoms with Crippen LogP contribution in [0, 0.1) is 0 Å². The van der Waals surface area contributed by atoms with Crippen molar-refractivity contribution >= 4 is 10.0 Å². The van der Waals surface area contributed by atoms with Crippen LogP contribution in [-0.4, -0.2) is 50.3 Å². The number of rotatable bonds is 4. The topological polar surface area (TPSA) is 72.6 Å². The van der Waals surface area contributed by atoms with Gasteiger partial charge in [0.25, 0.3) is 0 Å². The van der Waals surface area contributed by atoms with E-state index in [4.69, 9.17) is 10.5 Å². The standard InChI is InChI=1S/C13H26N2O3S/c1-15(13(11-14)7-3-2-4-8-13)19(16,17)12-5-9-18-10-6-12/h12H,2-11,14H2,1H3. The van der Waals surface area contributed by atoms with Gasteiger partial charge in [0, 0.05) is 32.3 Å². The van der Waals surface area contributed by atoms with E-state index >= 15 is 0 Å². The van der Waals surface area contributed by atoms with E-state index in [2.05, 4.69) is 0 Å². The number of nitrogens with two attached hydrogens (primary N) is 1. The molecule has 2 rings (SSSR count). The van der Waals surface area contributed by atoms with Gasteiger partial charge in [-0.15, -0.1) is 0 Å². The van der Waals surface area contributed by atoms with Crippen LogP contribution in [0.5, 0.6) is 0 Å². The third-order valence-electron chi connectivity index (χ3n) is 4.80. The SMILES string of the molecule is CN(C1(CN)CCCCC1)S(=O)(=O)C1CCOCC1. The molecule has 0 radical (unpaired) electrons. The third-order valence-corrected chi connectivity index (χ3v) is 7.27. The molecule has 0 spiro atoms. The van der Waals surface area contributed by atoms with Gasteiger partial charge < -0.3 is 10.5 Å². The first-order valence-electron chi connectivity index (χ1n) is 7.29. The molecule has 0 aromatic heterocycles. The average Bonchev–Trinajstić information content (AvgIpc) is 2.48. The fourth-order valence-electron chi connectivity index (χ4n) is 3.32. The van der Waals surface area contributed by atoms with Crippen molar-refractivity contribution < 1.29 is 13.2 Å². The predicted octanol–water partition coefficient (Wildman–Crippen LogP) is 1.09. The molecule has 2 N–H and O–H groups in total. The first-order valence-corrected chi connectivity index (χ1v) is 8.79. The van der Waals surface area contributed by atoms with Crippen molar-refractivity contribution in [3.8, 4) is 0 Å². The Morgan fingerprint density at radius 3 is 2.32 bits per heavy atom. The van der Waals surface area contributed by atoms with Crippen LogP contribution in [0.15, 0.2) is 0 Å². The lowest BCUT2D eigenvalue weighted by molar-refractivity contribution is 0.0943. The Morgan fingerprint density at radius 2 is 1.79 bits per heavy atom. The van der Waals surface area contributed by atoms with Crippen molar-refractivity contribution in [2.75, 3.05) is 26.8 Å². The van der Waals surface area contributed by atoms with Crippen molar-refractivity contribution in [1.29, 1.82) is 0 Å². The summed E-state index contributed by atoms with van der Waals surface area (Å²) < 4.78 is 32.4. The largest absolute Gasteiger partial charge is 0.381 e. The maximum Gasteiger partial charge on any atom is 0.217 e. The maximum atomic E-state index is 12.8. The second kappa shape index (κ2) is 6.08. The Labute approximate surface area is 116 Å². The molecule has 0 aromatic rings. The first-order chi connectivity index (χ1) is 9.03. The monoisotopic (exact) mass is 290 g/mol. The number of hydrogen-bond donors (Lipinski definition) is 1. The van der Waals surface area contributed by atoms with Gasteiger partial charge in [-0.1, -0.05) is 19.3 Å². The molecule has 0 amide bonds. The predicted molar refractivity (Wildman–Crippen MR) is 75.4 cm³/mol. The minimum atomic E-state index is -3.26. The normalized spacial score (nSPS) is 25.6. The first kappa shape index (κ1) is 15.2. The van der Waals surface area contributed by atoms with Crippen LogP contribution in [0.2, 0.25) is 0 Å². The zero-order valence-electron chi connectivity index (χ0n) is 11.8. The zero-order valence-corrected chi connectivity index (χ0v) is 12.6. The van der Waals surface area contributed by atoms with Crippen molar-refractivity contribution in [3.63, 3.8) is 0 Å². The van der Waals surface area contributed by atoms with Crippen LogP contribution in [0.25, 0.3) is 0 Å². The maximum absolute atomic E-state index is 12.8. The fraction of sp³-hybridized carbons (Fsp3) is 1.00. The Hall–Kier alpha value is -0.170. The van der Waals surface area contributed by atoms with Crippen molar-refractivity contribution in [1.82, 2.24) is 4.31 Å². The Morgan fingerprint density at radius 1 is 1.21 bits per heavy atom.